The molecule has 0 saturated carbocycles. The smallest absolute Gasteiger partial charge is 0.368 e. The van der Waals surface area contributed by atoms with E-state index in [4.69, 9.17) is 37.0 Å². The van der Waals surface area contributed by atoms with E-state index in [1.807, 2.05) is 30.3 Å². The Kier molecular flexibility index (Phi) is 7.40. The number of aromatic hydroxyl groups is 1. The summed E-state index contributed by atoms with van der Waals surface area (Å²) in [6.45, 7) is 4.45. The van der Waals surface area contributed by atoms with Crippen LogP contribution in [0.1, 0.15) is 72.4 Å². The lowest BCUT2D eigenvalue weighted by molar-refractivity contribution is 0.0725. The molecule has 0 radical (unpaired) electrons. The molecule has 1 heterocycles. The number of phenols is 1. The SMILES string of the molecule is CC(C)c1cc([C@@H]2CCc3cc(OCP4(=O)OCC[C@@H](c5cccc(Cl)c5)O4)cc(Cl)c32)ccc1O. The monoisotopic (exact) mass is 546 g/mol. The Hall–Kier alpha value is -2.01. The number of aryl methyl sites for hydroxylation is 1. The molecular weight excluding hydrogens is 518 g/mol. The van der Waals surface area contributed by atoms with Gasteiger partial charge in [0.2, 0.25) is 0 Å². The summed E-state index contributed by atoms with van der Waals surface area (Å²) in [6.07, 6.45) is 1.81. The zero-order chi connectivity index (χ0) is 25.4. The number of phenolic OH excluding ortho intramolecular Hbond substituents is 1. The molecule has 1 saturated heterocycles. The summed E-state index contributed by atoms with van der Waals surface area (Å²) in [6, 6.07) is 16.9. The second kappa shape index (κ2) is 10.4. The molecule has 5 nitrogen and oxygen atoms in total. The number of hydrogen-bond donors (Lipinski definition) is 1. The fourth-order valence-electron chi connectivity index (χ4n) is 5.09. The van der Waals surface area contributed by atoms with E-state index in [-0.39, 0.29) is 24.3 Å². The minimum Gasteiger partial charge on any atom is -0.508 e. The highest BCUT2D eigenvalue weighted by atomic mass is 35.5. The lowest BCUT2D eigenvalue weighted by Gasteiger charge is -2.30. The Labute approximate surface area is 221 Å². The molecule has 3 aromatic carbocycles. The van der Waals surface area contributed by atoms with E-state index < -0.39 is 7.60 Å². The fraction of sp³-hybridized carbons (Fsp3) is 0.357. The molecule has 36 heavy (non-hydrogen) atoms. The molecule has 1 fully saturated rings. The quantitative estimate of drug-likeness (QED) is 0.313. The van der Waals surface area contributed by atoms with Crippen molar-refractivity contribution in [2.24, 2.45) is 0 Å². The summed E-state index contributed by atoms with van der Waals surface area (Å²) in [5.41, 5.74) is 5.15. The molecule has 3 atom stereocenters. The van der Waals surface area contributed by atoms with Crippen LogP contribution in [0, 0.1) is 0 Å². The van der Waals surface area contributed by atoms with Crippen molar-refractivity contribution in [3.63, 3.8) is 0 Å². The summed E-state index contributed by atoms with van der Waals surface area (Å²) in [4.78, 5) is 0. The summed E-state index contributed by atoms with van der Waals surface area (Å²) in [7, 11) is -3.46. The Balaban J connectivity index is 1.31. The number of rotatable bonds is 6. The molecule has 0 aromatic heterocycles. The fourth-order valence-corrected chi connectivity index (χ4v) is 7.15. The number of fused-ring (bicyclic) bond motifs is 1. The molecule has 1 unspecified atom stereocenters. The standard InChI is InChI=1S/C28H29Cl2O5P/c1-17(2)24-14-18(7-9-26(24)31)23-8-6-20-13-22(15-25(30)28(20)23)33-16-36(32)34-11-10-27(35-36)19-4-3-5-21(29)12-19/h3-5,7,9,12-15,17,23,27,31H,6,8,10-11,16H2,1-2H3/t23-,27-,36?/m0/s1. The van der Waals surface area contributed by atoms with Crippen molar-refractivity contribution >= 4 is 30.8 Å². The van der Waals surface area contributed by atoms with Crippen LogP contribution in [0.2, 0.25) is 10.0 Å². The molecule has 190 valence electrons. The summed E-state index contributed by atoms with van der Waals surface area (Å²) in [5, 5.41) is 11.4. The minimum atomic E-state index is -3.46. The maximum Gasteiger partial charge on any atom is 0.368 e. The molecule has 5 rings (SSSR count). The van der Waals surface area contributed by atoms with Gasteiger partial charge in [-0.25, -0.2) is 0 Å². The van der Waals surface area contributed by atoms with Crippen molar-refractivity contribution < 1.29 is 23.5 Å². The normalized spacial score (nSPS) is 23.6. The first kappa shape index (κ1) is 25.6. The molecule has 0 bridgehead atoms. The van der Waals surface area contributed by atoms with Gasteiger partial charge in [-0.15, -0.1) is 0 Å². The third-order valence-electron chi connectivity index (χ3n) is 6.88. The molecule has 3 aromatic rings. The van der Waals surface area contributed by atoms with E-state index in [0.29, 0.717) is 34.6 Å². The molecule has 1 aliphatic carbocycles. The van der Waals surface area contributed by atoms with E-state index >= 15 is 0 Å². The highest BCUT2D eigenvalue weighted by Crippen LogP contribution is 2.56. The van der Waals surface area contributed by atoms with E-state index in [0.717, 1.165) is 40.7 Å². The van der Waals surface area contributed by atoms with Crippen molar-refractivity contribution in [1.29, 1.82) is 0 Å². The zero-order valence-electron chi connectivity index (χ0n) is 20.2. The van der Waals surface area contributed by atoms with Gasteiger partial charge in [0.15, 0.2) is 6.35 Å². The van der Waals surface area contributed by atoms with Crippen molar-refractivity contribution in [2.45, 2.75) is 51.0 Å². The predicted molar refractivity (Wildman–Crippen MR) is 143 cm³/mol. The third kappa shape index (κ3) is 5.32. The van der Waals surface area contributed by atoms with Gasteiger partial charge in [-0.1, -0.05) is 61.3 Å². The maximum absolute atomic E-state index is 13.3. The minimum absolute atomic E-state index is 0.154. The summed E-state index contributed by atoms with van der Waals surface area (Å²) < 4.78 is 30.6. The van der Waals surface area contributed by atoms with Crippen LogP contribution in [0.5, 0.6) is 11.5 Å². The molecule has 8 heteroatoms. The van der Waals surface area contributed by atoms with Gasteiger partial charge >= 0.3 is 7.60 Å². The van der Waals surface area contributed by atoms with Crippen LogP contribution in [-0.4, -0.2) is 18.1 Å². The molecular formula is C28H29Cl2O5P. The number of ether oxygens (including phenoxy) is 1. The number of hydrogen-bond acceptors (Lipinski definition) is 5. The molecule has 1 aliphatic heterocycles. The molecule has 2 aliphatic rings. The Morgan fingerprint density at radius 2 is 1.92 bits per heavy atom. The largest absolute Gasteiger partial charge is 0.508 e. The Bertz CT molecular complexity index is 1330. The topological polar surface area (TPSA) is 65.0 Å². The lowest BCUT2D eigenvalue weighted by Crippen LogP contribution is -2.17. The van der Waals surface area contributed by atoms with Crippen molar-refractivity contribution in [1.82, 2.24) is 0 Å². The van der Waals surface area contributed by atoms with Crippen LogP contribution in [0.4, 0.5) is 0 Å². The first-order chi connectivity index (χ1) is 17.2. The first-order valence-corrected chi connectivity index (χ1v) is 14.7. The van der Waals surface area contributed by atoms with Gasteiger partial charge < -0.3 is 14.4 Å². The highest BCUT2D eigenvalue weighted by molar-refractivity contribution is 7.53. The third-order valence-corrected chi connectivity index (χ3v) is 9.03. The van der Waals surface area contributed by atoms with Crippen molar-refractivity contribution in [3.8, 4) is 11.5 Å². The van der Waals surface area contributed by atoms with Crippen LogP contribution < -0.4 is 4.74 Å². The maximum atomic E-state index is 13.3. The van der Waals surface area contributed by atoms with Crippen LogP contribution in [0.3, 0.4) is 0 Å². The van der Waals surface area contributed by atoms with Crippen LogP contribution in [-0.2, 0) is 20.0 Å². The average Bonchev–Trinajstić information content (AvgIpc) is 3.28. The van der Waals surface area contributed by atoms with Crippen molar-refractivity contribution in [3.05, 3.63) is 92.5 Å². The molecule has 1 N–H and O–H groups in total. The second-order valence-electron chi connectivity index (χ2n) is 9.70. The van der Waals surface area contributed by atoms with E-state index in [2.05, 4.69) is 19.9 Å². The van der Waals surface area contributed by atoms with Crippen LogP contribution in [0.15, 0.2) is 54.6 Å². The lowest BCUT2D eigenvalue weighted by atomic mass is 9.89. The van der Waals surface area contributed by atoms with Gasteiger partial charge in [-0.2, -0.15) is 0 Å². The highest BCUT2D eigenvalue weighted by Gasteiger charge is 2.36. The van der Waals surface area contributed by atoms with Gasteiger partial charge in [0.1, 0.15) is 11.5 Å². The van der Waals surface area contributed by atoms with Gasteiger partial charge in [0.25, 0.3) is 0 Å². The van der Waals surface area contributed by atoms with Gasteiger partial charge in [0.05, 0.1) is 12.7 Å². The van der Waals surface area contributed by atoms with E-state index in [1.54, 1.807) is 18.2 Å². The molecule has 0 amide bonds. The first-order valence-electron chi connectivity index (χ1n) is 12.2. The number of benzene rings is 3. The van der Waals surface area contributed by atoms with Crippen molar-refractivity contribution in [2.75, 3.05) is 13.0 Å². The number of halogens is 2. The van der Waals surface area contributed by atoms with E-state index in [1.165, 1.54) is 0 Å². The second-order valence-corrected chi connectivity index (χ2v) is 12.5. The predicted octanol–water partition coefficient (Wildman–Crippen LogP) is 8.61. The van der Waals surface area contributed by atoms with Gasteiger partial charge in [-0.05, 0) is 76.9 Å². The van der Waals surface area contributed by atoms with Crippen LogP contribution in [0.25, 0.3) is 0 Å². The van der Waals surface area contributed by atoms with E-state index in [9.17, 15) is 9.67 Å². The average molecular weight is 547 g/mol. The summed E-state index contributed by atoms with van der Waals surface area (Å²) >= 11 is 12.9. The Morgan fingerprint density at radius 3 is 2.69 bits per heavy atom. The zero-order valence-corrected chi connectivity index (χ0v) is 22.7. The Morgan fingerprint density at radius 1 is 1.08 bits per heavy atom. The van der Waals surface area contributed by atoms with Gasteiger partial charge in [-0.3, -0.25) is 9.09 Å². The van der Waals surface area contributed by atoms with Gasteiger partial charge in [0, 0.05) is 22.4 Å². The summed E-state index contributed by atoms with van der Waals surface area (Å²) in [5.74, 6) is 1.24. The molecule has 0 spiro atoms. The van der Waals surface area contributed by atoms with Crippen LogP contribution >= 0.6 is 30.8 Å².